The summed E-state index contributed by atoms with van der Waals surface area (Å²) in [5, 5.41) is 16.1. The van der Waals surface area contributed by atoms with Gasteiger partial charge in [-0.3, -0.25) is 0 Å². The van der Waals surface area contributed by atoms with Gasteiger partial charge in [0.15, 0.2) is 17.5 Å². The van der Waals surface area contributed by atoms with Crippen LogP contribution in [0.4, 0.5) is 0 Å². The van der Waals surface area contributed by atoms with Crippen LogP contribution in [-0.2, 0) is 6.54 Å². The third kappa shape index (κ3) is 8.19. The minimum Gasteiger partial charge on any atom is -0.493 e. The third-order valence-corrected chi connectivity index (χ3v) is 4.74. The molecule has 0 heterocycles. The van der Waals surface area contributed by atoms with Crippen molar-refractivity contribution in [1.29, 1.82) is 0 Å². The Kier molecular flexibility index (Phi) is 10.8. The standard InChI is InChI=1S/C23H32ClN3O4/c1-4-18(31-20-9-7-6-8-19(20)24)16-27-23(25-5-2)26-15-17-10-11-21(30-13-12-28)22(14-17)29-3/h6-11,14,18,28H,4-5,12-13,15-16H2,1-3H3,(H2,25,26,27). The maximum Gasteiger partial charge on any atom is 0.191 e. The van der Waals surface area contributed by atoms with E-state index in [1.807, 2.05) is 49.4 Å². The number of aliphatic imine (C=N–C) groups is 1. The fourth-order valence-electron chi connectivity index (χ4n) is 2.80. The van der Waals surface area contributed by atoms with E-state index in [1.54, 1.807) is 7.11 Å². The molecule has 0 aliphatic carbocycles. The molecule has 0 radical (unpaired) electrons. The van der Waals surface area contributed by atoms with E-state index in [9.17, 15) is 0 Å². The number of hydrogen-bond acceptors (Lipinski definition) is 5. The van der Waals surface area contributed by atoms with Crippen LogP contribution >= 0.6 is 11.6 Å². The molecule has 31 heavy (non-hydrogen) atoms. The molecule has 1 unspecified atom stereocenters. The van der Waals surface area contributed by atoms with Crippen molar-refractivity contribution in [3.05, 3.63) is 53.1 Å². The molecule has 3 N–H and O–H groups in total. The van der Waals surface area contributed by atoms with Gasteiger partial charge in [-0.05, 0) is 43.2 Å². The van der Waals surface area contributed by atoms with E-state index in [0.29, 0.717) is 41.3 Å². The summed E-state index contributed by atoms with van der Waals surface area (Å²) in [6, 6.07) is 13.1. The van der Waals surface area contributed by atoms with Gasteiger partial charge in [0.2, 0.25) is 0 Å². The number of guanidine groups is 1. The van der Waals surface area contributed by atoms with Gasteiger partial charge in [-0.2, -0.15) is 0 Å². The summed E-state index contributed by atoms with van der Waals surface area (Å²) < 4.78 is 16.9. The predicted octanol–water partition coefficient (Wildman–Crippen LogP) is 3.63. The first-order valence-corrected chi connectivity index (χ1v) is 10.8. The first-order chi connectivity index (χ1) is 15.1. The molecule has 0 aliphatic heterocycles. The molecule has 0 bridgehead atoms. The maximum atomic E-state index is 8.93. The number of aliphatic hydroxyl groups is 1. The quantitative estimate of drug-likeness (QED) is 0.339. The number of para-hydroxylation sites is 1. The molecule has 2 aromatic carbocycles. The van der Waals surface area contributed by atoms with E-state index >= 15 is 0 Å². The fraction of sp³-hybridized carbons (Fsp3) is 0.435. The first kappa shape index (κ1) is 24.6. The molecule has 1 atom stereocenters. The Morgan fingerprint density at radius 2 is 1.90 bits per heavy atom. The summed E-state index contributed by atoms with van der Waals surface area (Å²) in [7, 11) is 1.59. The van der Waals surface area contributed by atoms with Crippen LogP contribution in [0.5, 0.6) is 17.2 Å². The fourth-order valence-corrected chi connectivity index (χ4v) is 2.98. The zero-order chi connectivity index (χ0) is 22.5. The molecule has 170 valence electrons. The SMILES string of the molecule is CCNC(=NCc1ccc(OCCO)c(OC)c1)NCC(CC)Oc1ccccc1Cl. The van der Waals surface area contributed by atoms with Crippen LogP contribution < -0.4 is 24.8 Å². The van der Waals surface area contributed by atoms with E-state index in [1.165, 1.54) is 0 Å². The highest BCUT2D eigenvalue weighted by Crippen LogP contribution is 2.28. The molecule has 7 nitrogen and oxygen atoms in total. The summed E-state index contributed by atoms with van der Waals surface area (Å²) in [6.45, 7) is 6.05. The van der Waals surface area contributed by atoms with Gasteiger partial charge in [-0.25, -0.2) is 4.99 Å². The van der Waals surface area contributed by atoms with Crippen molar-refractivity contribution in [3.8, 4) is 17.2 Å². The Balaban J connectivity index is 2.00. The second-order valence-corrected chi connectivity index (χ2v) is 7.12. The average Bonchev–Trinajstić information content (AvgIpc) is 2.79. The smallest absolute Gasteiger partial charge is 0.191 e. The van der Waals surface area contributed by atoms with Crippen molar-refractivity contribution in [2.75, 3.05) is 33.4 Å². The van der Waals surface area contributed by atoms with Gasteiger partial charge < -0.3 is 30.0 Å². The summed E-state index contributed by atoms with van der Waals surface area (Å²) >= 11 is 6.21. The third-order valence-electron chi connectivity index (χ3n) is 4.42. The highest BCUT2D eigenvalue weighted by atomic mass is 35.5. The lowest BCUT2D eigenvalue weighted by atomic mass is 10.2. The maximum absolute atomic E-state index is 8.93. The molecule has 2 aromatic rings. The monoisotopic (exact) mass is 449 g/mol. The zero-order valence-corrected chi connectivity index (χ0v) is 19.1. The van der Waals surface area contributed by atoms with Crippen molar-refractivity contribution in [1.82, 2.24) is 10.6 Å². The van der Waals surface area contributed by atoms with Crippen molar-refractivity contribution in [3.63, 3.8) is 0 Å². The Labute approximate surface area is 189 Å². The van der Waals surface area contributed by atoms with Crippen molar-refractivity contribution < 1.29 is 19.3 Å². The van der Waals surface area contributed by atoms with Crippen LogP contribution in [0.25, 0.3) is 0 Å². The van der Waals surface area contributed by atoms with Crippen LogP contribution in [-0.4, -0.2) is 50.6 Å². The summed E-state index contributed by atoms with van der Waals surface area (Å²) in [6.07, 6.45) is 0.774. The largest absolute Gasteiger partial charge is 0.493 e. The van der Waals surface area contributed by atoms with Crippen molar-refractivity contribution in [2.45, 2.75) is 32.9 Å². The predicted molar refractivity (Wildman–Crippen MR) is 125 cm³/mol. The van der Waals surface area contributed by atoms with Gasteiger partial charge in [-0.1, -0.05) is 36.7 Å². The summed E-state index contributed by atoms with van der Waals surface area (Å²) in [5.74, 6) is 2.58. The molecule has 0 saturated carbocycles. The molecule has 0 saturated heterocycles. The molecule has 0 fully saturated rings. The Hall–Kier alpha value is -2.64. The average molecular weight is 450 g/mol. The van der Waals surface area contributed by atoms with Crippen LogP contribution in [0.2, 0.25) is 5.02 Å². The van der Waals surface area contributed by atoms with E-state index in [-0.39, 0.29) is 19.3 Å². The molecular weight excluding hydrogens is 418 g/mol. The molecule has 8 heteroatoms. The zero-order valence-electron chi connectivity index (χ0n) is 18.4. The van der Waals surface area contributed by atoms with E-state index in [2.05, 4.69) is 22.5 Å². The van der Waals surface area contributed by atoms with Crippen LogP contribution in [0.1, 0.15) is 25.8 Å². The number of hydrogen-bond donors (Lipinski definition) is 3. The highest BCUT2D eigenvalue weighted by Gasteiger charge is 2.12. The highest BCUT2D eigenvalue weighted by molar-refractivity contribution is 6.32. The molecule has 0 spiro atoms. The lowest BCUT2D eigenvalue weighted by molar-refractivity contribution is 0.196. The number of nitrogens with one attached hydrogen (secondary N) is 2. The molecular formula is C23H32ClN3O4. The number of ether oxygens (including phenoxy) is 3. The van der Waals surface area contributed by atoms with Gasteiger partial charge in [0.1, 0.15) is 18.5 Å². The van der Waals surface area contributed by atoms with Crippen LogP contribution in [0.15, 0.2) is 47.5 Å². The van der Waals surface area contributed by atoms with Crippen molar-refractivity contribution >= 4 is 17.6 Å². The van der Waals surface area contributed by atoms with Gasteiger partial charge in [0.25, 0.3) is 0 Å². The van der Waals surface area contributed by atoms with Gasteiger partial charge in [0, 0.05) is 6.54 Å². The minimum atomic E-state index is -0.0497. The molecule has 2 rings (SSSR count). The second kappa shape index (κ2) is 13.6. The normalized spacial score (nSPS) is 12.2. The Bertz CT molecular complexity index is 832. The van der Waals surface area contributed by atoms with E-state index in [0.717, 1.165) is 18.5 Å². The lowest BCUT2D eigenvalue weighted by Gasteiger charge is -2.20. The number of aliphatic hydroxyl groups excluding tert-OH is 1. The Morgan fingerprint density at radius 3 is 2.58 bits per heavy atom. The van der Waals surface area contributed by atoms with E-state index in [4.69, 9.17) is 30.9 Å². The van der Waals surface area contributed by atoms with Gasteiger partial charge in [-0.15, -0.1) is 0 Å². The lowest BCUT2D eigenvalue weighted by Crippen LogP contribution is -2.42. The molecule has 0 amide bonds. The second-order valence-electron chi connectivity index (χ2n) is 6.71. The van der Waals surface area contributed by atoms with Gasteiger partial charge in [0.05, 0.1) is 31.8 Å². The summed E-state index contributed by atoms with van der Waals surface area (Å²) in [5.41, 5.74) is 0.977. The van der Waals surface area contributed by atoms with E-state index < -0.39 is 0 Å². The first-order valence-electron chi connectivity index (χ1n) is 10.4. The topological polar surface area (TPSA) is 84.3 Å². The van der Waals surface area contributed by atoms with Crippen molar-refractivity contribution in [2.24, 2.45) is 4.99 Å². The Morgan fingerprint density at radius 1 is 1.10 bits per heavy atom. The summed E-state index contributed by atoms with van der Waals surface area (Å²) in [4.78, 5) is 4.66. The van der Waals surface area contributed by atoms with Crippen LogP contribution in [0.3, 0.4) is 0 Å². The van der Waals surface area contributed by atoms with Gasteiger partial charge >= 0.3 is 0 Å². The molecule has 0 aliphatic rings. The molecule has 0 aromatic heterocycles. The number of nitrogens with zero attached hydrogens (tertiary/aromatic N) is 1. The minimum absolute atomic E-state index is 0.0493. The number of rotatable bonds is 12. The number of halogens is 1. The number of methoxy groups -OCH3 is 1. The number of benzene rings is 2. The van der Waals surface area contributed by atoms with Crippen LogP contribution in [0, 0.1) is 0 Å².